The smallest absolute Gasteiger partial charge is 0.260 e. The van der Waals surface area contributed by atoms with Crippen LogP contribution in [0, 0.1) is 17.5 Å². The van der Waals surface area contributed by atoms with Crippen LogP contribution in [0.4, 0.5) is 18.3 Å². The Hall–Kier alpha value is -2.20. The summed E-state index contributed by atoms with van der Waals surface area (Å²) < 4.78 is 46.5. The SMILES string of the molecule is Cl.O=C(c1ccc(F)c(F)c1)N(CCCN1CCOCC1)c1nc2ccc(F)cc2s1. The molecule has 1 saturated heterocycles. The summed E-state index contributed by atoms with van der Waals surface area (Å²) in [6.45, 7) is 4.14. The summed E-state index contributed by atoms with van der Waals surface area (Å²) in [5.74, 6) is -2.96. The van der Waals surface area contributed by atoms with E-state index in [1.165, 1.54) is 34.4 Å². The first-order valence-corrected chi connectivity index (χ1v) is 10.5. The van der Waals surface area contributed by atoms with Gasteiger partial charge in [0, 0.05) is 31.7 Å². The molecule has 1 fully saturated rings. The van der Waals surface area contributed by atoms with Crippen LogP contribution in [0.15, 0.2) is 36.4 Å². The molecule has 1 aliphatic rings. The zero-order chi connectivity index (χ0) is 21.1. The van der Waals surface area contributed by atoms with Crippen LogP contribution in [-0.4, -0.2) is 55.2 Å². The molecule has 10 heteroatoms. The highest BCUT2D eigenvalue weighted by Crippen LogP contribution is 2.30. The lowest BCUT2D eigenvalue weighted by atomic mass is 10.2. The normalized spacial score (nSPS) is 14.4. The van der Waals surface area contributed by atoms with E-state index >= 15 is 0 Å². The highest BCUT2D eigenvalue weighted by Gasteiger charge is 2.23. The Kier molecular flexibility index (Phi) is 7.88. The van der Waals surface area contributed by atoms with Crippen molar-refractivity contribution < 1.29 is 22.7 Å². The van der Waals surface area contributed by atoms with Crippen LogP contribution in [0.3, 0.4) is 0 Å². The number of hydrogen-bond donors (Lipinski definition) is 0. The fourth-order valence-electron chi connectivity index (χ4n) is 3.35. The number of rotatable bonds is 6. The zero-order valence-electron chi connectivity index (χ0n) is 16.5. The van der Waals surface area contributed by atoms with Gasteiger partial charge in [-0.3, -0.25) is 14.6 Å². The second-order valence-corrected chi connectivity index (χ2v) is 8.01. The minimum Gasteiger partial charge on any atom is -0.379 e. The monoisotopic (exact) mass is 471 g/mol. The maximum Gasteiger partial charge on any atom is 0.260 e. The molecule has 2 aromatic carbocycles. The topological polar surface area (TPSA) is 45.7 Å². The molecule has 1 aromatic heterocycles. The number of fused-ring (bicyclic) bond motifs is 1. The van der Waals surface area contributed by atoms with Gasteiger partial charge in [0.25, 0.3) is 5.91 Å². The molecule has 2 heterocycles. The van der Waals surface area contributed by atoms with Gasteiger partial charge in [-0.25, -0.2) is 18.2 Å². The van der Waals surface area contributed by atoms with E-state index in [0.717, 1.165) is 31.8 Å². The van der Waals surface area contributed by atoms with Crippen molar-refractivity contribution in [3.05, 3.63) is 59.4 Å². The summed E-state index contributed by atoms with van der Waals surface area (Å²) in [5.41, 5.74) is 0.610. The highest BCUT2D eigenvalue weighted by atomic mass is 35.5. The number of hydrogen-bond acceptors (Lipinski definition) is 5. The van der Waals surface area contributed by atoms with E-state index in [1.54, 1.807) is 6.07 Å². The van der Waals surface area contributed by atoms with Crippen LogP contribution in [0.25, 0.3) is 10.2 Å². The molecule has 4 rings (SSSR count). The highest BCUT2D eigenvalue weighted by molar-refractivity contribution is 7.22. The van der Waals surface area contributed by atoms with Crippen LogP contribution >= 0.6 is 23.7 Å². The molecule has 5 nitrogen and oxygen atoms in total. The third-order valence-electron chi connectivity index (χ3n) is 4.94. The maximum atomic E-state index is 13.7. The average molecular weight is 472 g/mol. The molecule has 1 amide bonds. The number of ether oxygens (including phenoxy) is 1. The number of thiazole rings is 1. The van der Waals surface area contributed by atoms with Crippen LogP contribution in [0.5, 0.6) is 0 Å². The van der Waals surface area contributed by atoms with E-state index in [9.17, 15) is 18.0 Å². The number of morpholine rings is 1. The first-order chi connectivity index (χ1) is 14.5. The van der Waals surface area contributed by atoms with Crippen LogP contribution in [0.2, 0.25) is 0 Å². The van der Waals surface area contributed by atoms with Crippen molar-refractivity contribution in [2.24, 2.45) is 0 Å². The quantitative estimate of drug-likeness (QED) is 0.531. The summed E-state index contributed by atoms with van der Waals surface area (Å²) in [4.78, 5) is 21.3. The van der Waals surface area contributed by atoms with E-state index in [2.05, 4.69) is 9.88 Å². The van der Waals surface area contributed by atoms with Crippen molar-refractivity contribution in [1.82, 2.24) is 9.88 Å². The Labute approximate surface area is 187 Å². The van der Waals surface area contributed by atoms with E-state index in [4.69, 9.17) is 4.74 Å². The zero-order valence-corrected chi connectivity index (χ0v) is 18.2. The van der Waals surface area contributed by atoms with Crippen LogP contribution in [0.1, 0.15) is 16.8 Å². The van der Waals surface area contributed by atoms with Gasteiger partial charge in [0.1, 0.15) is 5.82 Å². The summed E-state index contributed by atoms with van der Waals surface area (Å²) >= 11 is 1.19. The number of nitrogens with zero attached hydrogens (tertiary/aromatic N) is 3. The van der Waals surface area contributed by atoms with Gasteiger partial charge in [-0.05, 0) is 42.8 Å². The van der Waals surface area contributed by atoms with Gasteiger partial charge >= 0.3 is 0 Å². The van der Waals surface area contributed by atoms with Crippen molar-refractivity contribution >= 4 is 45.0 Å². The standard InChI is InChI=1S/C21H20F3N3O2S.ClH/c22-15-3-5-18-19(13-15)30-21(25-18)27(7-1-6-26-8-10-29-11-9-26)20(28)14-2-4-16(23)17(24)12-14;/h2-5,12-13H,1,6-11H2;1H. The molecular weight excluding hydrogens is 451 g/mol. The number of halogens is 4. The van der Waals surface area contributed by atoms with Crippen LogP contribution in [-0.2, 0) is 4.74 Å². The summed E-state index contributed by atoms with van der Waals surface area (Å²) in [6, 6.07) is 7.30. The molecule has 0 N–H and O–H groups in total. The second kappa shape index (κ2) is 10.4. The fraction of sp³-hybridized carbons (Fsp3) is 0.333. The van der Waals surface area contributed by atoms with E-state index in [0.29, 0.717) is 41.5 Å². The predicted octanol–water partition coefficient (Wildman–Crippen LogP) is 4.50. The second-order valence-electron chi connectivity index (χ2n) is 7.00. The van der Waals surface area contributed by atoms with Gasteiger partial charge in [0.15, 0.2) is 16.8 Å². The Morgan fingerprint density at radius 2 is 1.87 bits per heavy atom. The molecule has 0 saturated carbocycles. The number of anilines is 1. The lowest BCUT2D eigenvalue weighted by Crippen LogP contribution is -2.39. The Morgan fingerprint density at radius 3 is 2.61 bits per heavy atom. The maximum absolute atomic E-state index is 13.7. The molecule has 0 bridgehead atoms. The van der Waals surface area contributed by atoms with E-state index in [1.807, 2.05) is 0 Å². The number of amides is 1. The molecule has 0 aliphatic carbocycles. The number of carbonyl (C=O) groups is 1. The van der Waals surface area contributed by atoms with Gasteiger partial charge in [-0.1, -0.05) is 11.3 Å². The Balaban J connectivity index is 0.00000272. The van der Waals surface area contributed by atoms with Gasteiger partial charge in [-0.2, -0.15) is 0 Å². The number of benzene rings is 2. The minimum atomic E-state index is -1.08. The average Bonchev–Trinajstić information content (AvgIpc) is 3.16. The van der Waals surface area contributed by atoms with Gasteiger partial charge in [0.05, 0.1) is 23.4 Å². The fourth-order valence-corrected chi connectivity index (χ4v) is 4.36. The first-order valence-electron chi connectivity index (χ1n) is 9.64. The van der Waals surface area contributed by atoms with Crippen molar-refractivity contribution in [1.29, 1.82) is 0 Å². The largest absolute Gasteiger partial charge is 0.379 e. The molecule has 0 radical (unpaired) electrons. The minimum absolute atomic E-state index is 0. The lowest BCUT2D eigenvalue weighted by Gasteiger charge is -2.27. The number of carbonyl (C=O) groups excluding carboxylic acids is 1. The van der Waals surface area contributed by atoms with Crippen molar-refractivity contribution in [3.8, 4) is 0 Å². The van der Waals surface area contributed by atoms with Crippen LogP contribution < -0.4 is 4.90 Å². The molecule has 0 atom stereocenters. The Bertz CT molecular complexity index is 1060. The van der Waals surface area contributed by atoms with Crippen molar-refractivity contribution in [3.63, 3.8) is 0 Å². The van der Waals surface area contributed by atoms with Crippen molar-refractivity contribution in [2.45, 2.75) is 6.42 Å². The molecule has 166 valence electrons. The first kappa shape index (κ1) is 23.5. The molecule has 0 spiro atoms. The van der Waals surface area contributed by atoms with Gasteiger partial charge < -0.3 is 4.74 Å². The summed E-state index contributed by atoms with van der Waals surface area (Å²) in [6.07, 6.45) is 0.666. The van der Waals surface area contributed by atoms with Gasteiger partial charge in [0.2, 0.25) is 0 Å². The molecule has 3 aromatic rings. The number of aromatic nitrogens is 1. The third-order valence-corrected chi connectivity index (χ3v) is 5.98. The van der Waals surface area contributed by atoms with Gasteiger partial charge in [-0.15, -0.1) is 12.4 Å². The Morgan fingerprint density at radius 1 is 1.10 bits per heavy atom. The molecule has 1 aliphatic heterocycles. The van der Waals surface area contributed by atoms with Crippen molar-refractivity contribution in [2.75, 3.05) is 44.3 Å². The summed E-state index contributed by atoms with van der Waals surface area (Å²) in [5, 5.41) is 0.396. The third kappa shape index (κ3) is 5.54. The molecule has 31 heavy (non-hydrogen) atoms. The molecule has 0 unspecified atom stereocenters. The molecular formula is C21H21ClF3N3O2S. The lowest BCUT2D eigenvalue weighted by molar-refractivity contribution is 0.0376. The van der Waals surface area contributed by atoms with E-state index in [-0.39, 0.29) is 23.8 Å². The summed E-state index contributed by atoms with van der Waals surface area (Å²) in [7, 11) is 0. The predicted molar refractivity (Wildman–Crippen MR) is 117 cm³/mol. The van der Waals surface area contributed by atoms with E-state index < -0.39 is 17.5 Å².